The number of pyridine rings is 1. The first kappa shape index (κ1) is 18.6. The van der Waals surface area contributed by atoms with Crippen molar-refractivity contribution in [3.63, 3.8) is 0 Å². The van der Waals surface area contributed by atoms with Crippen molar-refractivity contribution in [3.8, 4) is 5.69 Å². The minimum absolute atomic E-state index is 0.172. The van der Waals surface area contributed by atoms with E-state index in [-0.39, 0.29) is 23.9 Å². The minimum atomic E-state index is -0.265. The highest BCUT2D eigenvalue weighted by Crippen LogP contribution is 2.33. The monoisotopic (exact) mass is 418 g/mol. The molecule has 0 bridgehead atoms. The largest absolute Gasteiger partial charge is 0.310 e. The predicted octanol–water partition coefficient (Wildman–Crippen LogP) is 2.96. The van der Waals surface area contributed by atoms with Crippen molar-refractivity contribution in [2.24, 2.45) is 0 Å². The fraction of sp³-hybridized carbons (Fsp3) is 0.190. The van der Waals surface area contributed by atoms with Crippen LogP contribution in [-0.2, 0) is 4.79 Å². The summed E-state index contributed by atoms with van der Waals surface area (Å²) in [7, 11) is 0. The Labute approximate surface area is 176 Å². The summed E-state index contributed by atoms with van der Waals surface area (Å²) in [5, 5.41) is 8.25. The van der Waals surface area contributed by atoms with Crippen LogP contribution in [0.15, 0.2) is 64.8 Å². The quantitative estimate of drug-likeness (QED) is 0.512. The number of rotatable bonds is 4. The molecule has 150 valence electrons. The van der Waals surface area contributed by atoms with Gasteiger partial charge in [0.15, 0.2) is 10.8 Å². The van der Waals surface area contributed by atoms with Gasteiger partial charge in [-0.2, -0.15) is 5.10 Å². The van der Waals surface area contributed by atoms with Gasteiger partial charge in [-0.05, 0) is 30.7 Å². The van der Waals surface area contributed by atoms with Crippen LogP contribution in [0.2, 0.25) is 0 Å². The summed E-state index contributed by atoms with van der Waals surface area (Å²) in [6, 6.07) is 13.0. The second kappa shape index (κ2) is 7.42. The standard InChI is InChI=1S/C21H18N6O2S/c1-13-6-5-9-22-18(13)24-17(28)10-15-12-30-21-25-19-16(20(29)26(15)21)11-23-27(19)14-7-3-2-4-8-14/h2-9,11,15H,10,12H2,1H3,(H,22,24,28)/t15-/m0/s1. The van der Waals surface area contributed by atoms with E-state index in [9.17, 15) is 9.59 Å². The summed E-state index contributed by atoms with van der Waals surface area (Å²) in [4.78, 5) is 34.7. The Morgan fingerprint density at radius 3 is 2.87 bits per heavy atom. The van der Waals surface area contributed by atoms with E-state index in [1.165, 1.54) is 11.8 Å². The number of thioether (sulfide) groups is 1. The smallest absolute Gasteiger partial charge is 0.265 e. The first-order valence-corrected chi connectivity index (χ1v) is 10.5. The van der Waals surface area contributed by atoms with Crippen LogP contribution >= 0.6 is 11.8 Å². The lowest BCUT2D eigenvalue weighted by Gasteiger charge is -2.14. The summed E-state index contributed by atoms with van der Waals surface area (Å²) < 4.78 is 3.29. The van der Waals surface area contributed by atoms with Gasteiger partial charge in [0, 0.05) is 18.4 Å². The summed E-state index contributed by atoms with van der Waals surface area (Å²) in [5.41, 5.74) is 2.09. The third kappa shape index (κ3) is 3.17. The average molecular weight is 418 g/mol. The predicted molar refractivity (Wildman–Crippen MR) is 115 cm³/mol. The summed E-state index contributed by atoms with van der Waals surface area (Å²) in [5.74, 6) is 0.975. The lowest BCUT2D eigenvalue weighted by Crippen LogP contribution is -2.28. The van der Waals surface area contributed by atoms with E-state index < -0.39 is 0 Å². The molecule has 1 N–H and O–H groups in total. The van der Waals surface area contributed by atoms with E-state index in [0.717, 1.165) is 11.3 Å². The SMILES string of the molecule is Cc1cccnc1NC(=O)C[C@H]1CSc2nc3c(cnn3-c3ccccc3)c(=O)n21. The highest BCUT2D eigenvalue weighted by Gasteiger charge is 2.29. The molecule has 4 aromatic rings. The van der Waals surface area contributed by atoms with Gasteiger partial charge in [-0.15, -0.1) is 0 Å². The Morgan fingerprint density at radius 2 is 2.07 bits per heavy atom. The molecule has 0 spiro atoms. The highest BCUT2D eigenvalue weighted by atomic mass is 32.2. The maximum atomic E-state index is 13.2. The zero-order valence-corrected chi connectivity index (χ0v) is 17.0. The Kier molecular flexibility index (Phi) is 4.59. The molecule has 8 nitrogen and oxygen atoms in total. The van der Waals surface area contributed by atoms with Crippen LogP contribution in [0.1, 0.15) is 18.0 Å². The zero-order valence-electron chi connectivity index (χ0n) is 16.1. The lowest BCUT2D eigenvalue weighted by atomic mass is 10.2. The Balaban J connectivity index is 1.46. The molecule has 0 saturated heterocycles. The normalized spacial score (nSPS) is 15.3. The number of hydrogen-bond donors (Lipinski definition) is 1. The molecule has 4 heterocycles. The molecule has 1 aliphatic heterocycles. The van der Waals surface area contributed by atoms with Gasteiger partial charge in [-0.3, -0.25) is 14.2 Å². The van der Waals surface area contributed by atoms with Gasteiger partial charge in [0.25, 0.3) is 5.56 Å². The first-order valence-electron chi connectivity index (χ1n) is 9.52. The topological polar surface area (TPSA) is 94.7 Å². The van der Waals surface area contributed by atoms with Crippen molar-refractivity contribution in [1.29, 1.82) is 0 Å². The van der Waals surface area contributed by atoms with E-state index in [0.29, 0.717) is 27.8 Å². The maximum absolute atomic E-state index is 13.2. The number of benzene rings is 1. The maximum Gasteiger partial charge on any atom is 0.265 e. The van der Waals surface area contributed by atoms with Crippen LogP contribution in [0.5, 0.6) is 0 Å². The lowest BCUT2D eigenvalue weighted by molar-refractivity contribution is -0.116. The van der Waals surface area contributed by atoms with Crippen molar-refractivity contribution in [1.82, 2.24) is 24.3 Å². The molecule has 1 amide bonds. The number of nitrogens with zero attached hydrogens (tertiary/aromatic N) is 5. The van der Waals surface area contributed by atoms with E-state index in [1.54, 1.807) is 21.6 Å². The van der Waals surface area contributed by atoms with Gasteiger partial charge in [-0.1, -0.05) is 36.0 Å². The molecular formula is C21H18N6O2S. The summed E-state index contributed by atoms with van der Waals surface area (Å²) in [6.45, 7) is 1.89. The second-order valence-electron chi connectivity index (χ2n) is 7.08. The summed E-state index contributed by atoms with van der Waals surface area (Å²) >= 11 is 1.48. The summed E-state index contributed by atoms with van der Waals surface area (Å²) in [6.07, 6.45) is 3.36. The number of nitrogens with one attached hydrogen (secondary N) is 1. The van der Waals surface area contributed by atoms with E-state index >= 15 is 0 Å². The fourth-order valence-corrected chi connectivity index (χ4v) is 4.68. The molecule has 5 rings (SSSR count). The molecule has 0 unspecified atom stereocenters. The molecule has 1 atom stereocenters. The number of hydrogen-bond acceptors (Lipinski definition) is 6. The Morgan fingerprint density at radius 1 is 1.23 bits per heavy atom. The van der Waals surface area contributed by atoms with Gasteiger partial charge in [0.1, 0.15) is 11.2 Å². The van der Waals surface area contributed by atoms with Crippen molar-refractivity contribution < 1.29 is 4.79 Å². The van der Waals surface area contributed by atoms with E-state index in [2.05, 4.69) is 15.4 Å². The zero-order chi connectivity index (χ0) is 20.7. The van der Waals surface area contributed by atoms with Crippen LogP contribution in [0.25, 0.3) is 16.7 Å². The van der Waals surface area contributed by atoms with Crippen molar-refractivity contribution in [2.45, 2.75) is 24.5 Å². The number of aryl methyl sites for hydroxylation is 1. The van der Waals surface area contributed by atoms with Crippen LogP contribution in [0.4, 0.5) is 5.82 Å². The van der Waals surface area contributed by atoms with Crippen LogP contribution in [0, 0.1) is 6.92 Å². The highest BCUT2D eigenvalue weighted by molar-refractivity contribution is 7.99. The fourth-order valence-electron chi connectivity index (χ4n) is 3.55. The van der Waals surface area contributed by atoms with Crippen LogP contribution in [0.3, 0.4) is 0 Å². The van der Waals surface area contributed by atoms with Gasteiger partial charge in [0.05, 0.1) is 17.9 Å². The molecule has 3 aromatic heterocycles. The number of carbonyl (C=O) groups is 1. The number of fused-ring (bicyclic) bond motifs is 2. The molecule has 0 radical (unpaired) electrons. The van der Waals surface area contributed by atoms with Crippen molar-refractivity contribution >= 4 is 34.5 Å². The molecule has 0 fully saturated rings. The van der Waals surface area contributed by atoms with E-state index in [4.69, 9.17) is 4.98 Å². The average Bonchev–Trinajstić information content (AvgIpc) is 3.35. The molecule has 9 heteroatoms. The van der Waals surface area contributed by atoms with Gasteiger partial charge >= 0.3 is 0 Å². The molecule has 0 aliphatic carbocycles. The van der Waals surface area contributed by atoms with Crippen molar-refractivity contribution in [3.05, 3.63) is 70.8 Å². The van der Waals surface area contributed by atoms with Gasteiger partial charge < -0.3 is 5.32 Å². The first-order chi connectivity index (χ1) is 14.6. The third-order valence-electron chi connectivity index (χ3n) is 5.06. The van der Waals surface area contributed by atoms with Crippen LogP contribution in [-0.4, -0.2) is 36.0 Å². The molecule has 1 aliphatic rings. The van der Waals surface area contributed by atoms with Gasteiger partial charge in [0.2, 0.25) is 5.91 Å². The number of amides is 1. The Bertz CT molecular complexity index is 1310. The van der Waals surface area contributed by atoms with Gasteiger partial charge in [-0.25, -0.2) is 14.6 Å². The number of anilines is 1. The number of aromatic nitrogens is 5. The molecule has 1 aromatic carbocycles. The number of para-hydroxylation sites is 1. The molecule has 0 saturated carbocycles. The Hall–Kier alpha value is -3.46. The third-order valence-corrected chi connectivity index (χ3v) is 6.16. The molecule has 30 heavy (non-hydrogen) atoms. The van der Waals surface area contributed by atoms with E-state index in [1.807, 2.05) is 49.4 Å². The number of carbonyl (C=O) groups excluding carboxylic acids is 1. The van der Waals surface area contributed by atoms with Crippen LogP contribution < -0.4 is 10.9 Å². The minimum Gasteiger partial charge on any atom is -0.310 e. The molecular weight excluding hydrogens is 400 g/mol. The second-order valence-corrected chi connectivity index (χ2v) is 8.07. The van der Waals surface area contributed by atoms with Crippen molar-refractivity contribution in [2.75, 3.05) is 11.1 Å².